The third kappa shape index (κ3) is 4.83. The fourth-order valence-corrected chi connectivity index (χ4v) is 4.23. The van der Waals surface area contributed by atoms with Gasteiger partial charge >= 0.3 is 0 Å². The van der Waals surface area contributed by atoms with Crippen LogP contribution in [0.1, 0.15) is 23.6 Å². The SMILES string of the molecule is C[C@@H](NC(=O)CSc1nnc(NCc2ccco2)s1)c1cccs1. The molecular weight excluding hydrogens is 364 g/mol. The molecule has 3 rings (SSSR count). The number of rotatable bonds is 8. The highest BCUT2D eigenvalue weighted by molar-refractivity contribution is 8.01. The second kappa shape index (κ2) is 8.32. The first kappa shape index (κ1) is 17.0. The molecule has 0 aliphatic heterocycles. The van der Waals surface area contributed by atoms with Crippen LogP contribution in [-0.2, 0) is 11.3 Å². The lowest BCUT2D eigenvalue weighted by molar-refractivity contribution is -0.119. The molecule has 24 heavy (non-hydrogen) atoms. The predicted octanol–water partition coefficient (Wildman–Crippen LogP) is 3.77. The summed E-state index contributed by atoms with van der Waals surface area (Å²) in [6.07, 6.45) is 1.63. The van der Waals surface area contributed by atoms with Crippen molar-refractivity contribution in [3.8, 4) is 0 Å². The van der Waals surface area contributed by atoms with E-state index in [0.717, 1.165) is 15.0 Å². The van der Waals surface area contributed by atoms with Crippen LogP contribution in [0, 0.1) is 0 Å². The molecule has 1 amide bonds. The monoisotopic (exact) mass is 380 g/mol. The van der Waals surface area contributed by atoms with E-state index in [2.05, 4.69) is 20.8 Å². The lowest BCUT2D eigenvalue weighted by atomic mass is 10.3. The third-order valence-corrected chi connectivity index (χ3v) is 6.14. The van der Waals surface area contributed by atoms with Crippen LogP contribution in [0.2, 0.25) is 0 Å². The van der Waals surface area contributed by atoms with Crippen LogP contribution in [0.25, 0.3) is 0 Å². The Labute approximate surface area is 151 Å². The zero-order chi connectivity index (χ0) is 16.8. The molecule has 0 unspecified atom stereocenters. The molecule has 0 aromatic carbocycles. The van der Waals surface area contributed by atoms with Gasteiger partial charge in [0, 0.05) is 4.88 Å². The van der Waals surface area contributed by atoms with Gasteiger partial charge in [-0.2, -0.15) is 0 Å². The number of thiophene rings is 1. The molecule has 0 radical (unpaired) electrons. The number of carbonyl (C=O) groups is 1. The van der Waals surface area contributed by atoms with Gasteiger partial charge in [-0.05, 0) is 30.5 Å². The standard InChI is InChI=1S/C15H16N4O2S3/c1-10(12-5-3-7-22-12)17-13(20)9-23-15-19-18-14(24-15)16-8-11-4-2-6-21-11/h2-7,10H,8-9H2,1H3,(H,16,18)(H,17,20)/t10-/m1/s1. The second-order valence-electron chi connectivity index (χ2n) is 4.90. The maximum Gasteiger partial charge on any atom is 0.230 e. The number of nitrogens with zero attached hydrogens (tertiary/aromatic N) is 2. The van der Waals surface area contributed by atoms with Gasteiger partial charge in [-0.1, -0.05) is 29.2 Å². The van der Waals surface area contributed by atoms with Gasteiger partial charge in [0.25, 0.3) is 0 Å². The lowest BCUT2D eigenvalue weighted by Gasteiger charge is -2.11. The first-order valence-electron chi connectivity index (χ1n) is 7.26. The predicted molar refractivity (Wildman–Crippen MR) is 97.5 cm³/mol. The molecule has 0 aliphatic rings. The van der Waals surface area contributed by atoms with Crippen LogP contribution >= 0.6 is 34.4 Å². The molecule has 9 heteroatoms. The Bertz CT molecular complexity index is 756. The van der Waals surface area contributed by atoms with Gasteiger partial charge in [0.15, 0.2) is 4.34 Å². The molecule has 0 saturated heterocycles. The summed E-state index contributed by atoms with van der Waals surface area (Å²) in [5, 5.41) is 17.0. The fourth-order valence-electron chi connectivity index (χ4n) is 1.93. The van der Waals surface area contributed by atoms with Crippen molar-refractivity contribution in [1.82, 2.24) is 15.5 Å². The highest BCUT2D eigenvalue weighted by atomic mass is 32.2. The van der Waals surface area contributed by atoms with Crippen LogP contribution in [0.4, 0.5) is 5.13 Å². The zero-order valence-electron chi connectivity index (χ0n) is 12.9. The highest BCUT2D eigenvalue weighted by Crippen LogP contribution is 2.26. The van der Waals surface area contributed by atoms with Gasteiger partial charge < -0.3 is 15.1 Å². The van der Waals surface area contributed by atoms with Gasteiger partial charge in [0.05, 0.1) is 24.6 Å². The molecule has 6 nitrogen and oxygen atoms in total. The van der Waals surface area contributed by atoms with Crippen LogP contribution in [-0.4, -0.2) is 21.9 Å². The lowest BCUT2D eigenvalue weighted by Crippen LogP contribution is -2.27. The first-order chi connectivity index (χ1) is 11.7. The molecule has 0 saturated carbocycles. The number of nitrogens with one attached hydrogen (secondary N) is 2. The summed E-state index contributed by atoms with van der Waals surface area (Å²) >= 11 is 4.45. The van der Waals surface area contributed by atoms with Gasteiger partial charge in [0.2, 0.25) is 11.0 Å². The van der Waals surface area contributed by atoms with Crippen LogP contribution in [0.5, 0.6) is 0 Å². The Morgan fingerprint density at radius 1 is 1.38 bits per heavy atom. The summed E-state index contributed by atoms with van der Waals surface area (Å²) in [5.74, 6) is 1.14. The number of anilines is 1. The van der Waals surface area contributed by atoms with Gasteiger partial charge in [0.1, 0.15) is 5.76 Å². The average Bonchev–Trinajstić information content (AvgIpc) is 3.33. The van der Waals surface area contributed by atoms with E-state index in [-0.39, 0.29) is 11.9 Å². The third-order valence-electron chi connectivity index (χ3n) is 3.07. The molecule has 0 aliphatic carbocycles. The minimum absolute atomic E-state index is 0.0128. The fraction of sp³-hybridized carbons (Fsp3) is 0.267. The normalized spacial score (nSPS) is 12.0. The summed E-state index contributed by atoms with van der Waals surface area (Å²) in [7, 11) is 0. The van der Waals surface area contributed by atoms with Crippen molar-refractivity contribution >= 4 is 45.5 Å². The van der Waals surface area contributed by atoms with Crippen molar-refractivity contribution in [1.29, 1.82) is 0 Å². The number of aromatic nitrogens is 2. The Hall–Kier alpha value is -1.84. The molecule has 0 bridgehead atoms. The summed E-state index contributed by atoms with van der Waals surface area (Å²) in [6, 6.07) is 7.76. The minimum Gasteiger partial charge on any atom is -0.467 e. The maximum absolute atomic E-state index is 12.0. The molecule has 2 N–H and O–H groups in total. The first-order valence-corrected chi connectivity index (χ1v) is 9.94. The van der Waals surface area contributed by atoms with Crippen molar-refractivity contribution < 1.29 is 9.21 Å². The quantitative estimate of drug-likeness (QED) is 0.579. The van der Waals surface area contributed by atoms with Gasteiger partial charge in [-0.15, -0.1) is 21.5 Å². The van der Waals surface area contributed by atoms with Crippen LogP contribution in [0.3, 0.4) is 0 Å². The van der Waals surface area contributed by atoms with E-state index >= 15 is 0 Å². The smallest absolute Gasteiger partial charge is 0.230 e. The number of hydrogen-bond acceptors (Lipinski definition) is 8. The van der Waals surface area contributed by atoms with E-state index in [9.17, 15) is 4.79 Å². The highest BCUT2D eigenvalue weighted by Gasteiger charge is 2.12. The van der Waals surface area contributed by atoms with E-state index in [1.54, 1.807) is 17.6 Å². The van der Waals surface area contributed by atoms with E-state index in [4.69, 9.17) is 4.42 Å². The molecule has 126 valence electrons. The van der Waals surface area contributed by atoms with Crippen molar-refractivity contribution in [2.45, 2.75) is 23.8 Å². The Morgan fingerprint density at radius 3 is 3.04 bits per heavy atom. The molecule has 0 spiro atoms. The van der Waals surface area contributed by atoms with Crippen LogP contribution < -0.4 is 10.6 Å². The molecule has 3 aromatic rings. The Balaban J connectivity index is 1.42. The number of amides is 1. The summed E-state index contributed by atoms with van der Waals surface area (Å²) in [4.78, 5) is 13.2. The van der Waals surface area contributed by atoms with E-state index in [0.29, 0.717) is 17.4 Å². The van der Waals surface area contributed by atoms with Crippen molar-refractivity contribution in [3.63, 3.8) is 0 Å². The average molecular weight is 381 g/mol. The van der Waals surface area contributed by atoms with E-state index < -0.39 is 0 Å². The topological polar surface area (TPSA) is 80.0 Å². The summed E-state index contributed by atoms with van der Waals surface area (Å²) < 4.78 is 6.01. The minimum atomic E-state index is -0.0128. The van der Waals surface area contributed by atoms with Gasteiger partial charge in [-0.3, -0.25) is 4.79 Å². The van der Waals surface area contributed by atoms with E-state index in [1.807, 2.05) is 36.6 Å². The summed E-state index contributed by atoms with van der Waals surface area (Å²) in [5.41, 5.74) is 0. The molecule has 1 atom stereocenters. The molecular formula is C15H16N4O2S3. The second-order valence-corrected chi connectivity index (χ2v) is 8.08. The Morgan fingerprint density at radius 2 is 2.29 bits per heavy atom. The Kier molecular flexibility index (Phi) is 5.89. The van der Waals surface area contributed by atoms with Crippen LogP contribution in [0.15, 0.2) is 44.7 Å². The summed E-state index contributed by atoms with van der Waals surface area (Å²) in [6.45, 7) is 2.54. The van der Waals surface area contributed by atoms with Crippen molar-refractivity contribution in [3.05, 3.63) is 46.5 Å². The number of furan rings is 1. The van der Waals surface area contributed by atoms with E-state index in [1.165, 1.54) is 23.1 Å². The largest absolute Gasteiger partial charge is 0.467 e. The van der Waals surface area contributed by atoms with Gasteiger partial charge in [-0.25, -0.2) is 0 Å². The molecule has 0 fully saturated rings. The molecule has 3 heterocycles. The number of thioether (sulfide) groups is 1. The number of carbonyl (C=O) groups excluding carboxylic acids is 1. The maximum atomic E-state index is 12.0. The molecule has 3 aromatic heterocycles. The zero-order valence-corrected chi connectivity index (χ0v) is 15.3. The van der Waals surface area contributed by atoms with Crippen molar-refractivity contribution in [2.24, 2.45) is 0 Å². The number of hydrogen-bond donors (Lipinski definition) is 2. The van der Waals surface area contributed by atoms with Crippen molar-refractivity contribution in [2.75, 3.05) is 11.1 Å².